The fraction of sp³-hybridized carbons (Fsp3) is 0.464. The maximum absolute atomic E-state index is 13.9. The van der Waals surface area contributed by atoms with E-state index in [1.165, 1.54) is 24.3 Å². The van der Waals surface area contributed by atoms with Crippen LogP contribution in [-0.4, -0.2) is 41.2 Å². The number of guanidine groups is 1. The highest BCUT2D eigenvalue weighted by atomic mass is 19.4. The summed E-state index contributed by atoms with van der Waals surface area (Å²) >= 11 is 0. The fourth-order valence-corrected chi connectivity index (χ4v) is 5.74. The van der Waals surface area contributed by atoms with Gasteiger partial charge in [0, 0.05) is 17.8 Å². The quantitative estimate of drug-likeness (QED) is 0.180. The largest absolute Gasteiger partial charge is 0.573 e. The highest BCUT2D eigenvalue weighted by Crippen LogP contribution is 2.47. The lowest BCUT2D eigenvalue weighted by Gasteiger charge is -2.45. The Morgan fingerprint density at radius 3 is 2.20 bits per heavy atom. The van der Waals surface area contributed by atoms with Crippen molar-refractivity contribution in [2.45, 2.75) is 64.9 Å². The van der Waals surface area contributed by atoms with Crippen LogP contribution in [0.2, 0.25) is 0 Å². The van der Waals surface area contributed by atoms with Crippen molar-refractivity contribution in [3.8, 4) is 5.75 Å². The van der Waals surface area contributed by atoms with Crippen molar-refractivity contribution in [2.75, 3.05) is 11.4 Å². The molecule has 1 heterocycles. The zero-order chi connectivity index (χ0) is 30.0. The van der Waals surface area contributed by atoms with Crippen molar-refractivity contribution < 1.29 is 27.5 Å². The van der Waals surface area contributed by atoms with Crippen LogP contribution in [0.1, 0.15) is 62.4 Å². The molecule has 1 spiro atoms. The lowest BCUT2D eigenvalue weighted by Crippen LogP contribution is -2.50. The van der Waals surface area contributed by atoms with E-state index in [-0.39, 0.29) is 23.2 Å². The number of hydrogen-bond acceptors (Lipinski definition) is 6. The number of nitrogens with two attached hydrogens (primary N) is 2. The molecule has 6 N–H and O–H groups in total. The van der Waals surface area contributed by atoms with Crippen LogP contribution in [0.25, 0.3) is 0 Å². The van der Waals surface area contributed by atoms with Crippen molar-refractivity contribution in [2.24, 2.45) is 28.1 Å². The topological polar surface area (TPSA) is 138 Å². The summed E-state index contributed by atoms with van der Waals surface area (Å²) in [7, 11) is 0. The summed E-state index contributed by atoms with van der Waals surface area (Å²) in [6.07, 6.45) is -1.27. The Balaban J connectivity index is 1.57. The average Bonchev–Trinajstić information content (AvgIpc) is 3.17. The van der Waals surface area contributed by atoms with Gasteiger partial charge in [-0.3, -0.25) is 20.4 Å². The normalized spacial score (nSPS) is 21.8. The van der Waals surface area contributed by atoms with Crippen LogP contribution >= 0.6 is 0 Å². The minimum absolute atomic E-state index is 0.0902. The summed E-state index contributed by atoms with van der Waals surface area (Å²) in [6.45, 7) is 7.43. The van der Waals surface area contributed by atoms with E-state index < -0.39 is 17.8 Å². The summed E-state index contributed by atoms with van der Waals surface area (Å²) in [5.74, 6) is 10.0. The molecule has 3 amide bonds. The second-order valence-electron chi connectivity index (χ2n) is 11.6. The molecule has 10 nitrogen and oxygen atoms in total. The number of nitrogens with one attached hydrogen (secondary N) is 2. The van der Waals surface area contributed by atoms with Crippen LogP contribution in [0.5, 0.6) is 5.75 Å². The van der Waals surface area contributed by atoms with Crippen molar-refractivity contribution >= 4 is 23.6 Å². The number of amides is 3. The lowest BCUT2D eigenvalue weighted by atomic mass is 9.67. The second-order valence-corrected chi connectivity index (χ2v) is 11.6. The molecule has 41 heavy (non-hydrogen) atoms. The van der Waals surface area contributed by atoms with Gasteiger partial charge in [0.1, 0.15) is 5.75 Å². The predicted octanol–water partition coefficient (Wildman–Crippen LogP) is 4.43. The van der Waals surface area contributed by atoms with Gasteiger partial charge in [0.15, 0.2) is 0 Å². The highest BCUT2D eigenvalue weighted by molar-refractivity contribution is 6.05. The number of hydrogen-bond donors (Lipinski definition) is 4. The van der Waals surface area contributed by atoms with Gasteiger partial charge in [-0.2, -0.15) is 0 Å². The Morgan fingerprint density at radius 2 is 1.68 bits per heavy atom. The van der Waals surface area contributed by atoms with E-state index in [2.05, 4.69) is 41.4 Å². The molecule has 2 aromatic carbocycles. The first-order valence-electron chi connectivity index (χ1n) is 13.3. The van der Waals surface area contributed by atoms with E-state index in [1.807, 2.05) is 4.90 Å². The van der Waals surface area contributed by atoms with Crippen molar-refractivity contribution in [3.63, 3.8) is 0 Å². The SMILES string of the molecule is CC(C)(C)C1CCC2(CC1)CN(c1ccc(OC(F)(F)F)cc1)C(=O)N2Cc1ccc(C(=O)N/C(=N/N)NN)cc1. The molecule has 222 valence electrons. The average molecular weight is 576 g/mol. The Bertz CT molecular complexity index is 1270. The minimum Gasteiger partial charge on any atom is -0.406 e. The molecule has 4 rings (SSSR count). The van der Waals surface area contributed by atoms with Gasteiger partial charge < -0.3 is 15.5 Å². The van der Waals surface area contributed by atoms with Crippen molar-refractivity contribution in [1.29, 1.82) is 0 Å². The molecule has 0 bridgehead atoms. The molecule has 1 saturated heterocycles. The van der Waals surface area contributed by atoms with Gasteiger partial charge in [0.05, 0.1) is 12.1 Å². The number of halogens is 3. The molecular formula is C28H36F3N7O3. The standard InChI is InChI=1S/C28H36F3N7O3/c1-26(2,3)20-12-14-27(15-13-20)17-37(21-8-10-22(11-9-21)41-28(29,30)31)25(40)38(27)16-18-4-6-19(7-5-18)23(39)34-24(35-32)36-33/h4-11,20H,12-17,32-33H2,1-3H3,(H2,34,35,36,39). The van der Waals surface area contributed by atoms with E-state index in [9.17, 15) is 22.8 Å². The number of anilines is 1. The third-order valence-electron chi connectivity index (χ3n) is 8.06. The lowest BCUT2D eigenvalue weighted by molar-refractivity contribution is -0.274. The molecule has 13 heteroatoms. The number of urea groups is 1. The third kappa shape index (κ3) is 6.84. The molecule has 0 atom stereocenters. The van der Waals surface area contributed by atoms with Gasteiger partial charge in [-0.05, 0) is 79.0 Å². The van der Waals surface area contributed by atoms with Gasteiger partial charge in [-0.1, -0.05) is 32.9 Å². The van der Waals surface area contributed by atoms with Gasteiger partial charge in [0.2, 0.25) is 5.96 Å². The summed E-state index contributed by atoms with van der Waals surface area (Å²) in [5.41, 5.74) is 3.57. The van der Waals surface area contributed by atoms with Crippen LogP contribution in [0, 0.1) is 11.3 Å². The maximum Gasteiger partial charge on any atom is 0.573 e. The summed E-state index contributed by atoms with van der Waals surface area (Å²) in [4.78, 5) is 29.8. The smallest absolute Gasteiger partial charge is 0.406 e. The Labute approximate surface area is 236 Å². The summed E-state index contributed by atoms with van der Waals surface area (Å²) in [5, 5.41) is 5.77. The fourth-order valence-electron chi connectivity index (χ4n) is 5.74. The molecular weight excluding hydrogens is 539 g/mol. The number of benzene rings is 2. The van der Waals surface area contributed by atoms with E-state index in [0.29, 0.717) is 30.3 Å². The van der Waals surface area contributed by atoms with Gasteiger partial charge in [-0.25, -0.2) is 10.6 Å². The number of hydrazine groups is 1. The number of nitrogens with zero attached hydrogens (tertiary/aromatic N) is 3. The molecule has 2 aliphatic rings. The van der Waals surface area contributed by atoms with Crippen LogP contribution in [-0.2, 0) is 6.54 Å². The Kier molecular flexibility index (Phi) is 8.39. The first-order valence-corrected chi connectivity index (χ1v) is 13.3. The number of carbonyl (C=O) groups excluding carboxylic acids is 2. The molecule has 2 aromatic rings. The zero-order valence-electron chi connectivity index (χ0n) is 23.3. The van der Waals surface area contributed by atoms with Gasteiger partial charge >= 0.3 is 12.4 Å². The monoisotopic (exact) mass is 575 g/mol. The first kappa shape index (κ1) is 30.0. The van der Waals surface area contributed by atoms with E-state index in [1.54, 1.807) is 29.2 Å². The molecule has 0 unspecified atom stereocenters. The van der Waals surface area contributed by atoms with E-state index in [4.69, 9.17) is 11.7 Å². The first-order chi connectivity index (χ1) is 19.2. The van der Waals surface area contributed by atoms with Crippen molar-refractivity contribution in [1.82, 2.24) is 15.6 Å². The van der Waals surface area contributed by atoms with E-state index in [0.717, 1.165) is 31.2 Å². The molecule has 0 aromatic heterocycles. The van der Waals surface area contributed by atoms with Gasteiger partial charge in [-0.15, -0.1) is 18.3 Å². The number of rotatable bonds is 5. The molecule has 1 saturated carbocycles. The number of hydrazone groups is 1. The summed E-state index contributed by atoms with van der Waals surface area (Å²) in [6, 6.07) is 12.0. The Morgan fingerprint density at radius 1 is 1.07 bits per heavy atom. The maximum atomic E-state index is 13.9. The second kappa shape index (κ2) is 11.5. The minimum atomic E-state index is -4.80. The predicted molar refractivity (Wildman–Crippen MR) is 148 cm³/mol. The van der Waals surface area contributed by atoms with E-state index >= 15 is 0 Å². The highest BCUT2D eigenvalue weighted by Gasteiger charge is 2.52. The van der Waals surface area contributed by atoms with Gasteiger partial charge in [0.25, 0.3) is 5.91 Å². The third-order valence-corrected chi connectivity index (χ3v) is 8.06. The molecule has 1 aliphatic carbocycles. The van der Waals surface area contributed by atoms with Crippen molar-refractivity contribution in [3.05, 3.63) is 59.7 Å². The van der Waals surface area contributed by atoms with Crippen LogP contribution in [0.3, 0.4) is 0 Å². The number of alkyl halides is 3. The molecule has 0 radical (unpaired) electrons. The van der Waals surface area contributed by atoms with Crippen LogP contribution < -0.4 is 32.1 Å². The zero-order valence-corrected chi connectivity index (χ0v) is 23.3. The summed E-state index contributed by atoms with van der Waals surface area (Å²) < 4.78 is 41.9. The molecule has 1 aliphatic heterocycles. The number of ether oxygens (including phenoxy) is 1. The molecule has 2 fully saturated rings. The number of carbonyl (C=O) groups is 2. The Hall–Kier alpha value is -4.00. The van der Waals surface area contributed by atoms with Crippen LogP contribution in [0.4, 0.5) is 23.7 Å². The van der Waals surface area contributed by atoms with Crippen LogP contribution in [0.15, 0.2) is 53.6 Å².